The molecule has 0 aliphatic carbocycles. The number of rotatable bonds is 6. The van der Waals surface area contributed by atoms with Gasteiger partial charge in [0.25, 0.3) is 11.1 Å². The van der Waals surface area contributed by atoms with Crippen molar-refractivity contribution in [2.45, 2.75) is 13.0 Å². The number of piperazine rings is 1. The first kappa shape index (κ1) is 19.6. The summed E-state index contributed by atoms with van der Waals surface area (Å²) in [7, 11) is 0. The van der Waals surface area contributed by atoms with Gasteiger partial charge in [-0.05, 0) is 31.2 Å². The summed E-state index contributed by atoms with van der Waals surface area (Å²) in [6, 6.07) is 6.25. The quantitative estimate of drug-likeness (QED) is 0.694. The summed E-state index contributed by atoms with van der Waals surface area (Å²) in [6.07, 6.45) is 0. The fraction of sp³-hybridized carbons (Fsp3) is 0.500. The number of quaternary nitrogens is 1. The fourth-order valence-electron chi connectivity index (χ4n) is 3.36. The molecule has 0 saturated carbocycles. The highest BCUT2D eigenvalue weighted by molar-refractivity contribution is 8.14. The first-order chi connectivity index (χ1) is 13.0. The van der Waals surface area contributed by atoms with Crippen LogP contribution < -0.4 is 15.1 Å². The van der Waals surface area contributed by atoms with Crippen LogP contribution in [0.25, 0.3) is 0 Å². The number of nitrogens with one attached hydrogen (secondary N) is 2. The molecule has 2 aliphatic heterocycles. The van der Waals surface area contributed by atoms with Crippen LogP contribution >= 0.6 is 11.8 Å². The van der Waals surface area contributed by atoms with Crippen LogP contribution in [0.2, 0.25) is 0 Å². The molecule has 1 aromatic rings. The van der Waals surface area contributed by atoms with Gasteiger partial charge in [-0.15, -0.1) is 0 Å². The third-order valence-corrected chi connectivity index (χ3v) is 5.94. The molecule has 0 bridgehead atoms. The van der Waals surface area contributed by atoms with Gasteiger partial charge in [-0.2, -0.15) is 0 Å². The van der Waals surface area contributed by atoms with E-state index in [2.05, 4.69) is 10.2 Å². The number of carbonyl (C=O) groups is 3. The Hall–Kier alpha value is -2.13. The van der Waals surface area contributed by atoms with Crippen molar-refractivity contribution in [3.05, 3.63) is 30.1 Å². The van der Waals surface area contributed by atoms with E-state index in [0.29, 0.717) is 0 Å². The number of hydrogen-bond donors (Lipinski definition) is 2. The number of nitrogens with zero attached hydrogens (tertiary/aromatic N) is 2. The van der Waals surface area contributed by atoms with Gasteiger partial charge >= 0.3 is 0 Å². The molecule has 146 valence electrons. The van der Waals surface area contributed by atoms with Crippen LogP contribution in [0.3, 0.4) is 0 Å². The molecule has 1 atom stereocenters. The van der Waals surface area contributed by atoms with E-state index < -0.39 is 0 Å². The maximum Gasteiger partial charge on any atom is 0.288 e. The summed E-state index contributed by atoms with van der Waals surface area (Å²) >= 11 is 0.996. The standard InChI is InChI=1S/C18H23FN4O3S/c1-13(17(25)20-6-7-23-16(24)12-27-18(23)26)21-8-10-22(11-9-21)15-4-2-14(19)3-5-15/h2-5,13H,6-12H2,1H3,(H,20,25)/p+1/t13-/m1/s1. The van der Waals surface area contributed by atoms with E-state index in [-0.39, 0.29) is 47.8 Å². The highest BCUT2D eigenvalue weighted by atomic mass is 32.2. The Kier molecular flexibility index (Phi) is 6.33. The predicted molar refractivity (Wildman–Crippen MR) is 101 cm³/mol. The summed E-state index contributed by atoms with van der Waals surface area (Å²) in [5, 5.41) is 2.58. The summed E-state index contributed by atoms with van der Waals surface area (Å²) in [6.45, 7) is 5.60. The molecule has 1 aromatic carbocycles. The molecule has 0 aromatic heterocycles. The first-order valence-corrected chi connectivity index (χ1v) is 10.0. The minimum atomic E-state index is -0.246. The van der Waals surface area contributed by atoms with Crippen molar-refractivity contribution in [3.63, 3.8) is 0 Å². The fourth-order valence-corrected chi connectivity index (χ4v) is 4.12. The number of thioether (sulfide) groups is 1. The summed E-state index contributed by atoms with van der Waals surface area (Å²) in [4.78, 5) is 40.0. The number of carbonyl (C=O) groups excluding carboxylic acids is 3. The van der Waals surface area contributed by atoms with Crippen LogP contribution in [0.1, 0.15) is 6.92 Å². The molecular formula is C18H24FN4O3S+. The van der Waals surface area contributed by atoms with Crippen molar-refractivity contribution < 1.29 is 23.7 Å². The molecule has 2 N–H and O–H groups in total. The first-order valence-electron chi connectivity index (χ1n) is 9.05. The van der Waals surface area contributed by atoms with Crippen LogP contribution in [0.5, 0.6) is 0 Å². The van der Waals surface area contributed by atoms with Crippen molar-refractivity contribution >= 4 is 34.5 Å². The van der Waals surface area contributed by atoms with Crippen LogP contribution in [-0.2, 0) is 9.59 Å². The average molecular weight is 395 g/mol. The van der Waals surface area contributed by atoms with Gasteiger partial charge in [0.1, 0.15) is 5.82 Å². The van der Waals surface area contributed by atoms with Crippen molar-refractivity contribution in [3.8, 4) is 0 Å². The van der Waals surface area contributed by atoms with Crippen molar-refractivity contribution in [1.82, 2.24) is 10.2 Å². The SMILES string of the molecule is C[C@H](C(=O)NCCN1C(=O)CSC1=O)[NH+]1CCN(c2ccc(F)cc2)CC1. The molecule has 2 fully saturated rings. The van der Waals surface area contributed by atoms with Gasteiger partial charge in [0.2, 0.25) is 5.91 Å². The van der Waals surface area contributed by atoms with E-state index in [1.54, 1.807) is 12.1 Å². The van der Waals surface area contributed by atoms with Crippen molar-refractivity contribution in [2.24, 2.45) is 0 Å². The lowest BCUT2D eigenvalue weighted by Crippen LogP contribution is -3.19. The minimum Gasteiger partial charge on any atom is -0.360 e. The molecule has 3 rings (SSSR count). The molecule has 27 heavy (non-hydrogen) atoms. The van der Waals surface area contributed by atoms with Gasteiger partial charge in [-0.3, -0.25) is 19.3 Å². The zero-order valence-electron chi connectivity index (χ0n) is 15.2. The minimum absolute atomic E-state index is 0.0769. The topological polar surface area (TPSA) is 74.2 Å². The van der Waals surface area contributed by atoms with E-state index in [1.165, 1.54) is 21.9 Å². The molecule has 3 amide bonds. The van der Waals surface area contributed by atoms with E-state index >= 15 is 0 Å². The van der Waals surface area contributed by atoms with Gasteiger partial charge < -0.3 is 15.1 Å². The molecule has 7 nitrogen and oxygen atoms in total. The number of halogens is 1. The largest absolute Gasteiger partial charge is 0.360 e. The molecule has 0 unspecified atom stereocenters. The normalized spacial score (nSPS) is 19.5. The monoisotopic (exact) mass is 395 g/mol. The Morgan fingerprint density at radius 1 is 1.26 bits per heavy atom. The van der Waals surface area contributed by atoms with Gasteiger partial charge in [-0.25, -0.2) is 4.39 Å². The van der Waals surface area contributed by atoms with E-state index in [9.17, 15) is 18.8 Å². The Bertz CT molecular complexity index is 691. The van der Waals surface area contributed by atoms with Gasteiger partial charge in [0.05, 0.1) is 31.9 Å². The van der Waals surface area contributed by atoms with E-state index in [0.717, 1.165) is 43.6 Å². The van der Waals surface area contributed by atoms with Gasteiger partial charge in [-0.1, -0.05) is 11.8 Å². The Morgan fingerprint density at radius 3 is 2.52 bits per heavy atom. The van der Waals surface area contributed by atoms with Crippen molar-refractivity contribution in [2.75, 3.05) is 49.9 Å². The predicted octanol–water partition coefficient (Wildman–Crippen LogP) is -0.269. The highest BCUT2D eigenvalue weighted by Crippen LogP contribution is 2.17. The Balaban J connectivity index is 1.42. The third-order valence-electron chi connectivity index (χ3n) is 5.08. The molecule has 0 radical (unpaired) electrons. The third kappa shape index (κ3) is 4.78. The molecule has 2 saturated heterocycles. The number of anilines is 1. The molecule has 9 heteroatoms. The van der Waals surface area contributed by atoms with E-state index in [1.807, 2.05) is 6.92 Å². The maximum absolute atomic E-state index is 13.0. The Morgan fingerprint density at radius 2 is 1.93 bits per heavy atom. The van der Waals surface area contributed by atoms with Crippen LogP contribution in [0.4, 0.5) is 14.9 Å². The maximum atomic E-state index is 13.0. The Labute approximate surface area is 161 Å². The molecule has 2 heterocycles. The van der Waals surface area contributed by atoms with E-state index in [4.69, 9.17) is 0 Å². The second kappa shape index (κ2) is 8.71. The number of benzene rings is 1. The molecule has 0 spiro atoms. The lowest BCUT2D eigenvalue weighted by atomic mass is 10.2. The zero-order chi connectivity index (χ0) is 19.4. The summed E-state index contributed by atoms with van der Waals surface area (Å²) in [5.41, 5.74) is 0.991. The number of hydrogen-bond acceptors (Lipinski definition) is 5. The summed E-state index contributed by atoms with van der Waals surface area (Å²) in [5.74, 6) is -0.336. The van der Waals surface area contributed by atoms with Crippen LogP contribution in [-0.4, -0.2) is 73.0 Å². The number of imide groups is 1. The lowest BCUT2D eigenvalue weighted by molar-refractivity contribution is -0.914. The second-order valence-electron chi connectivity index (χ2n) is 6.73. The average Bonchev–Trinajstić information content (AvgIpc) is 3.00. The van der Waals surface area contributed by atoms with Crippen LogP contribution in [0, 0.1) is 5.82 Å². The molecular weight excluding hydrogens is 371 g/mol. The van der Waals surface area contributed by atoms with Crippen molar-refractivity contribution in [1.29, 1.82) is 0 Å². The highest BCUT2D eigenvalue weighted by Gasteiger charge is 2.31. The number of amides is 3. The second-order valence-corrected chi connectivity index (χ2v) is 7.66. The summed E-state index contributed by atoms with van der Waals surface area (Å²) < 4.78 is 13.0. The van der Waals surface area contributed by atoms with Crippen LogP contribution in [0.15, 0.2) is 24.3 Å². The zero-order valence-corrected chi connectivity index (χ0v) is 16.1. The lowest BCUT2D eigenvalue weighted by Gasteiger charge is -2.36. The molecule has 2 aliphatic rings. The van der Waals surface area contributed by atoms with Gasteiger partial charge in [0.15, 0.2) is 6.04 Å². The smallest absolute Gasteiger partial charge is 0.288 e. The van der Waals surface area contributed by atoms with Gasteiger partial charge in [0, 0.05) is 18.8 Å².